The molecule has 0 heterocycles. The number of hydrogen-bond acceptors (Lipinski definition) is 1. The highest BCUT2D eigenvalue weighted by Gasteiger charge is 2.09. The fourth-order valence-electron chi connectivity index (χ4n) is 2.44. The van der Waals surface area contributed by atoms with Gasteiger partial charge in [-0.1, -0.05) is 49.4 Å². The van der Waals surface area contributed by atoms with E-state index in [1.54, 1.807) is 6.07 Å². The maximum atomic E-state index is 13.7. The molecule has 0 bridgehead atoms. The number of hydrogen-bond donors (Lipinski definition) is 1. The van der Waals surface area contributed by atoms with Crippen LogP contribution in [0.1, 0.15) is 31.2 Å². The van der Waals surface area contributed by atoms with E-state index in [1.165, 1.54) is 11.6 Å². The molecule has 0 aliphatic heterocycles. The Hall–Kier alpha value is -1.67. The average Bonchev–Trinajstić information content (AvgIpc) is 2.46. The van der Waals surface area contributed by atoms with E-state index < -0.39 is 0 Å². The first kappa shape index (κ1) is 13.8. The molecule has 0 radical (unpaired) electrons. The predicted molar refractivity (Wildman–Crippen MR) is 78.5 cm³/mol. The van der Waals surface area contributed by atoms with Gasteiger partial charge in [-0.3, -0.25) is 0 Å². The first-order valence-corrected chi connectivity index (χ1v) is 6.81. The van der Waals surface area contributed by atoms with E-state index in [0.29, 0.717) is 18.0 Å². The molecule has 1 atom stereocenters. The van der Waals surface area contributed by atoms with E-state index in [1.807, 2.05) is 24.3 Å². The van der Waals surface area contributed by atoms with Crippen LogP contribution in [0.5, 0.6) is 0 Å². The van der Waals surface area contributed by atoms with Crippen LogP contribution >= 0.6 is 0 Å². The van der Waals surface area contributed by atoms with Crippen LogP contribution in [0.2, 0.25) is 0 Å². The lowest BCUT2D eigenvalue weighted by Gasteiger charge is -2.14. The van der Waals surface area contributed by atoms with Crippen LogP contribution in [0, 0.1) is 5.82 Å². The van der Waals surface area contributed by atoms with Crippen LogP contribution < -0.4 is 5.73 Å². The van der Waals surface area contributed by atoms with Crippen LogP contribution in [-0.2, 0) is 0 Å². The third-order valence-electron chi connectivity index (χ3n) is 3.57. The van der Waals surface area contributed by atoms with Crippen molar-refractivity contribution in [2.75, 3.05) is 6.54 Å². The molecule has 0 aliphatic rings. The highest BCUT2D eigenvalue weighted by Crippen LogP contribution is 2.27. The van der Waals surface area contributed by atoms with Gasteiger partial charge in [0.15, 0.2) is 0 Å². The SMILES string of the molecule is CCC(CCN)c1ccc(-c2ccccc2F)cc1. The predicted octanol–water partition coefficient (Wildman–Crippen LogP) is 4.34. The van der Waals surface area contributed by atoms with E-state index in [9.17, 15) is 4.39 Å². The summed E-state index contributed by atoms with van der Waals surface area (Å²) in [6.45, 7) is 2.87. The smallest absolute Gasteiger partial charge is 0.131 e. The second-order valence-electron chi connectivity index (χ2n) is 4.78. The zero-order chi connectivity index (χ0) is 13.7. The summed E-state index contributed by atoms with van der Waals surface area (Å²) < 4.78 is 13.7. The van der Waals surface area contributed by atoms with Crippen LogP contribution in [0.25, 0.3) is 11.1 Å². The quantitative estimate of drug-likeness (QED) is 0.847. The van der Waals surface area contributed by atoms with Crippen molar-refractivity contribution in [1.29, 1.82) is 0 Å². The van der Waals surface area contributed by atoms with Crippen LogP contribution in [0.15, 0.2) is 48.5 Å². The summed E-state index contributed by atoms with van der Waals surface area (Å²) in [5, 5.41) is 0. The van der Waals surface area contributed by atoms with Gasteiger partial charge in [0.2, 0.25) is 0 Å². The second-order valence-corrected chi connectivity index (χ2v) is 4.78. The van der Waals surface area contributed by atoms with Gasteiger partial charge < -0.3 is 5.73 Å². The minimum atomic E-state index is -0.177. The molecule has 0 amide bonds. The molecular weight excluding hydrogens is 237 g/mol. The zero-order valence-electron chi connectivity index (χ0n) is 11.3. The zero-order valence-corrected chi connectivity index (χ0v) is 11.3. The van der Waals surface area contributed by atoms with Gasteiger partial charge in [0.25, 0.3) is 0 Å². The molecule has 0 saturated carbocycles. The molecule has 100 valence electrons. The molecule has 2 heteroatoms. The van der Waals surface area contributed by atoms with E-state index >= 15 is 0 Å². The molecule has 2 aromatic carbocycles. The molecular formula is C17H20FN. The van der Waals surface area contributed by atoms with Crippen molar-refractivity contribution in [3.63, 3.8) is 0 Å². The van der Waals surface area contributed by atoms with Crippen molar-refractivity contribution in [2.45, 2.75) is 25.7 Å². The van der Waals surface area contributed by atoms with Crippen molar-refractivity contribution in [1.82, 2.24) is 0 Å². The van der Waals surface area contributed by atoms with Crippen molar-refractivity contribution in [2.24, 2.45) is 5.73 Å². The number of halogens is 1. The minimum Gasteiger partial charge on any atom is -0.330 e. The molecule has 2 rings (SSSR count). The molecule has 19 heavy (non-hydrogen) atoms. The van der Waals surface area contributed by atoms with Crippen molar-refractivity contribution < 1.29 is 4.39 Å². The van der Waals surface area contributed by atoms with E-state index in [-0.39, 0.29) is 5.82 Å². The lowest BCUT2D eigenvalue weighted by molar-refractivity contribution is 0.614. The third kappa shape index (κ3) is 3.21. The summed E-state index contributed by atoms with van der Waals surface area (Å²) in [7, 11) is 0. The van der Waals surface area contributed by atoms with Gasteiger partial charge in [-0.15, -0.1) is 0 Å². The number of benzene rings is 2. The average molecular weight is 257 g/mol. The molecule has 1 nitrogen and oxygen atoms in total. The van der Waals surface area contributed by atoms with Crippen molar-refractivity contribution in [3.05, 3.63) is 59.9 Å². The molecule has 1 unspecified atom stereocenters. The van der Waals surface area contributed by atoms with Gasteiger partial charge in [-0.2, -0.15) is 0 Å². The first-order chi connectivity index (χ1) is 9.26. The summed E-state index contributed by atoms with van der Waals surface area (Å²) in [5.41, 5.74) is 8.49. The standard InChI is InChI=1S/C17H20FN/c1-2-13(11-12-19)14-7-9-15(10-8-14)16-5-3-4-6-17(16)18/h3-10,13H,2,11-12,19H2,1H3. The minimum absolute atomic E-state index is 0.177. The van der Waals surface area contributed by atoms with E-state index in [4.69, 9.17) is 5.73 Å². The van der Waals surface area contributed by atoms with Gasteiger partial charge in [0.1, 0.15) is 5.82 Å². The highest BCUT2D eigenvalue weighted by molar-refractivity contribution is 5.64. The Balaban J connectivity index is 2.26. The Morgan fingerprint density at radius 3 is 2.32 bits per heavy atom. The van der Waals surface area contributed by atoms with Crippen molar-refractivity contribution in [3.8, 4) is 11.1 Å². The van der Waals surface area contributed by atoms with E-state index in [0.717, 1.165) is 18.4 Å². The van der Waals surface area contributed by atoms with Crippen LogP contribution in [0.4, 0.5) is 4.39 Å². The third-order valence-corrected chi connectivity index (χ3v) is 3.57. The lowest BCUT2D eigenvalue weighted by atomic mass is 9.92. The fraction of sp³-hybridized carbons (Fsp3) is 0.294. The van der Waals surface area contributed by atoms with E-state index in [2.05, 4.69) is 19.1 Å². The number of nitrogens with two attached hydrogens (primary N) is 1. The molecule has 0 aromatic heterocycles. The monoisotopic (exact) mass is 257 g/mol. The highest BCUT2D eigenvalue weighted by atomic mass is 19.1. The lowest BCUT2D eigenvalue weighted by Crippen LogP contribution is -2.06. The second kappa shape index (κ2) is 6.48. The summed E-state index contributed by atoms with van der Waals surface area (Å²) in [4.78, 5) is 0. The summed E-state index contributed by atoms with van der Waals surface area (Å²) >= 11 is 0. The molecule has 0 aliphatic carbocycles. The van der Waals surface area contributed by atoms with Crippen LogP contribution in [0.3, 0.4) is 0 Å². The maximum absolute atomic E-state index is 13.7. The molecule has 0 spiro atoms. The Bertz CT molecular complexity index is 519. The van der Waals surface area contributed by atoms with Gasteiger partial charge in [0.05, 0.1) is 0 Å². The summed E-state index contributed by atoms with van der Waals surface area (Å²) in [5.74, 6) is 0.323. The van der Waals surface area contributed by atoms with Gasteiger partial charge in [-0.25, -0.2) is 4.39 Å². The Morgan fingerprint density at radius 2 is 1.74 bits per heavy atom. The molecule has 2 N–H and O–H groups in total. The Labute approximate surface area is 114 Å². The van der Waals surface area contributed by atoms with Gasteiger partial charge >= 0.3 is 0 Å². The fourth-order valence-corrected chi connectivity index (χ4v) is 2.44. The van der Waals surface area contributed by atoms with Gasteiger partial charge in [-0.05, 0) is 42.5 Å². The van der Waals surface area contributed by atoms with Crippen molar-refractivity contribution >= 4 is 0 Å². The maximum Gasteiger partial charge on any atom is 0.131 e. The van der Waals surface area contributed by atoms with Gasteiger partial charge in [0, 0.05) is 5.56 Å². The first-order valence-electron chi connectivity index (χ1n) is 6.81. The number of rotatable bonds is 5. The normalized spacial score (nSPS) is 12.4. The Morgan fingerprint density at radius 1 is 1.05 bits per heavy atom. The molecule has 0 saturated heterocycles. The summed E-state index contributed by atoms with van der Waals surface area (Å²) in [6.07, 6.45) is 2.08. The largest absolute Gasteiger partial charge is 0.330 e. The van der Waals surface area contributed by atoms with Crippen LogP contribution in [-0.4, -0.2) is 6.54 Å². The molecule has 2 aromatic rings. The summed E-state index contributed by atoms with van der Waals surface area (Å²) in [6, 6.07) is 15.0. The topological polar surface area (TPSA) is 26.0 Å². The molecule has 0 fully saturated rings. The Kier molecular flexibility index (Phi) is 4.69.